The summed E-state index contributed by atoms with van der Waals surface area (Å²) in [5.74, 6) is 0.471. The Bertz CT molecular complexity index is 1680. The van der Waals surface area contributed by atoms with Crippen molar-refractivity contribution in [1.29, 1.82) is 0 Å². The first-order chi connectivity index (χ1) is 19.7. The monoisotopic (exact) mass is 564 g/mol. The number of ether oxygens (including phenoxy) is 3. The van der Waals surface area contributed by atoms with Crippen LogP contribution in [0.5, 0.6) is 11.5 Å². The van der Waals surface area contributed by atoms with Crippen LogP contribution in [0.3, 0.4) is 0 Å². The van der Waals surface area contributed by atoms with E-state index in [9.17, 15) is 22.8 Å². The summed E-state index contributed by atoms with van der Waals surface area (Å²) >= 11 is 0. The lowest BCUT2D eigenvalue weighted by Gasteiger charge is -2.29. The van der Waals surface area contributed by atoms with Gasteiger partial charge in [-0.2, -0.15) is 13.2 Å². The second-order valence-electron chi connectivity index (χ2n) is 9.56. The molecular formula is C29H23F3N4O5. The number of aromatic amines is 1. The Morgan fingerprint density at radius 2 is 1.85 bits per heavy atom. The van der Waals surface area contributed by atoms with Crippen molar-refractivity contribution in [3.8, 4) is 11.5 Å². The molecule has 0 bridgehead atoms. The molecule has 2 aliphatic rings. The second kappa shape index (κ2) is 10.5. The van der Waals surface area contributed by atoms with Crippen molar-refractivity contribution in [3.63, 3.8) is 0 Å². The molecule has 2 amide bonds. The number of urea groups is 1. The molecule has 210 valence electrons. The predicted molar refractivity (Wildman–Crippen MR) is 140 cm³/mol. The molecule has 0 saturated heterocycles. The highest BCUT2D eigenvalue weighted by molar-refractivity contribution is 5.95. The van der Waals surface area contributed by atoms with Crippen LogP contribution < -0.4 is 20.1 Å². The van der Waals surface area contributed by atoms with Gasteiger partial charge in [-0.15, -0.1) is 0 Å². The van der Waals surface area contributed by atoms with Crippen molar-refractivity contribution in [2.45, 2.75) is 31.7 Å². The van der Waals surface area contributed by atoms with E-state index >= 15 is 0 Å². The van der Waals surface area contributed by atoms with Crippen molar-refractivity contribution >= 4 is 23.0 Å². The molecular weight excluding hydrogens is 541 g/mol. The molecule has 1 atom stereocenters. The molecule has 1 aromatic heterocycles. The summed E-state index contributed by atoms with van der Waals surface area (Å²) in [7, 11) is 0. The lowest BCUT2D eigenvalue weighted by Crippen LogP contribution is -2.46. The number of carbonyl (C=O) groups is 2. The van der Waals surface area contributed by atoms with Gasteiger partial charge >= 0.3 is 18.2 Å². The molecule has 3 aromatic carbocycles. The first-order valence-electron chi connectivity index (χ1n) is 12.7. The number of H-pyrrole nitrogens is 1. The highest BCUT2D eigenvalue weighted by atomic mass is 19.4. The minimum Gasteiger partial charge on any atom is -0.457 e. The van der Waals surface area contributed by atoms with Gasteiger partial charge < -0.3 is 29.8 Å². The van der Waals surface area contributed by atoms with E-state index in [1.807, 2.05) is 12.1 Å². The molecule has 0 aliphatic carbocycles. The van der Waals surface area contributed by atoms with E-state index in [4.69, 9.17) is 14.2 Å². The number of esters is 1. The van der Waals surface area contributed by atoms with Gasteiger partial charge in [0.05, 0.1) is 34.5 Å². The number of nitrogens with zero attached hydrogens (tertiary/aromatic N) is 1. The minimum atomic E-state index is -4.53. The first-order valence-corrected chi connectivity index (χ1v) is 12.7. The van der Waals surface area contributed by atoms with Crippen LogP contribution in [0.2, 0.25) is 0 Å². The predicted octanol–water partition coefficient (Wildman–Crippen LogP) is 5.29. The van der Waals surface area contributed by atoms with E-state index in [-0.39, 0.29) is 31.0 Å². The number of benzene rings is 3. The molecule has 0 spiro atoms. The van der Waals surface area contributed by atoms with Gasteiger partial charge in [-0.1, -0.05) is 24.3 Å². The minimum absolute atomic E-state index is 0.135. The topological polar surface area (TPSA) is 115 Å². The molecule has 6 rings (SSSR count). The average molecular weight is 565 g/mol. The maximum absolute atomic E-state index is 13.6. The SMILES string of the molecule is O=C1NC(CCc2ccc3c(c2)OCO3)=C(C(=O)OCc2cccc(C(F)(F)F)c2)C(c2ccc3nc[nH]c3c2)N1. The summed E-state index contributed by atoms with van der Waals surface area (Å²) in [5.41, 5.74) is 2.73. The van der Waals surface area contributed by atoms with E-state index in [1.165, 1.54) is 18.5 Å². The Morgan fingerprint density at radius 3 is 2.71 bits per heavy atom. The fourth-order valence-corrected chi connectivity index (χ4v) is 4.87. The number of amides is 2. The number of hydrogen-bond acceptors (Lipinski definition) is 6. The number of allylic oxidation sites excluding steroid dienone is 1. The van der Waals surface area contributed by atoms with Crippen molar-refractivity contribution in [3.05, 3.63) is 101 Å². The number of alkyl halides is 3. The fraction of sp³-hybridized carbons (Fsp3) is 0.207. The van der Waals surface area contributed by atoms with Crippen molar-refractivity contribution in [2.75, 3.05) is 6.79 Å². The maximum atomic E-state index is 13.6. The van der Waals surface area contributed by atoms with E-state index in [1.54, 1.807) is 24.3 Å². The molecule has 0 saturated carbocycles. The summed E-state index contributed by atoms with van der Waals surface area (Å²) in [6.07, 6.45) is -2.28. The van der Waals surface area contributed by atoms with Gasteiger partial charge in [-0.05, 0) is 65.9 Å². The molecule has 2 aliphatic heterocycles. The van der Waals surface area contributed by atoms with Crippen LogP contribution in [0.1, 0.15) is 34.7 Å². The molecule has 3 heterocycles. The van der Waals surface area contributed by atoms with E-state index < -0.39 is 29.8 Å². The third-order valence-corrected chi connectivity index (χ3v) is 6.88. The van der Waals surface area contributed by atoms with Crippen LogP contribution in [0.25, 0.3) is 11.0 Å². The number of hydrogen-bond donors (Lipinski definition) is 3. The van der Waals surface area contributed by atoms with Crippen molar-refractivity contribution in [2.24, 2.45) is 0 Å². The fourth-order valence-electron chi connectivity index (χ4n) is 4.87. The van der Waals surface area contributed by atoms with Gasteiger partial charge in [0.2, 0.25) is 6.79 Å². The smallest absolute Gasteiger partial charge is 0.416 e. The zero-order chi connectivity index (χ0) is 28.6. The van der Waals surface area contributed by atoms with Crippen LogP contribution in [0.4, 0.5) is 18.0 Å². The van der Waals surface area contributed by atoms with Crippen LogP contribution in [0, 0.1) is 0 Å². The number of carbonyl (C=O) groups excluding carboxylic acids is 2. The third kappa shape index (κ3) is 5.53. The first kappa shape index (κ1) is 26.2. The van der Waals surface area contributed by atoms with Crippen LogP contribution in [0.15, 0.2) is 78.3 Å². The summed E-state index contributed by atoms with van der Waals surface area (Å²) in [6, 6.07) is 14.0. The van der Waals surface area contributed by atoms with Crippen molar-refractivity contribution in [1.82, 2.24) is 20.6 Å². The molecule has 4 aromatic rings. The largest absolute Gasteiger partial charge is 0.457 e. The summed E-state index contributed by atoms with van der Waals surface area (Å²) < 4.78 is 55.9. The van der Waals surface area contributed by atoms with E-state index in [2.05, 4.69) is 20.6 Å². The zero-order valence-electron chi connectivity index (χ0n) is 21.4. The summed E-state index contributed by atoms with van der Waals surface area (Å²) in [6.45, 7) is -0.252. The lowest BCUT2D eigenvalue weighted by atomic mass is 9.92. The summed E-state index contributed by atoms with van der Waals surface area (Å²) in [4.78, 5) is 33.5. The number of rotatable bonds is 7. The Hall–Kier alpha value is -5.00. The van der Waals surface area contributed by atoms with E-state index in [0.717, 1.165) is 17.7 Å². The molecule has 41 heavy (non-hydrogen) atoms. The molecule has 12 heteroatoms. The Labute approximate surface area is 231 Å². The lowest BCUT2D eigenvalue weighted by molar-refractivity contribution is -0.140. The molecule has 0 radical (unpaired) electrons. The zero-order valence-corrected chi connectivity index (χ0v) is 21.4. The van der Waals surface area contributed by atoms with Gasteiger partial charge in [-0.25, -0.2) is 14.6 Å². The molecule has 1 unspecified atom stereocenters. The Morgan fingerprint density at radius 1 is 1.00 bits per heavy atom. The number of aromatic nitrogens is 2. The number of halogens is 3. The number of fused-ring (bicyclic) bond motifs is 2. The number of imidazole rings is 1. The standard InChI is InChI=1S/C29H23F3N4O5/c30-29(31,32)19-3-1-2-17(10-19)13-39-27(37)25-21(7-4-16-5-9-23-24(11-16)41-15-40-23)35-28(38)36-26(25)18-6-8-20-22(12-18)34-14-33-20/h1-3,5-6,8-12,14,26H,4,7,13,15H2,(H,33,34)(H2,35,36,38). The van der Waals surface area contributed by atoms with Gasteiger partial charge in [-0.3, -0.25) is 0 Å². The molecule has 9 nitrogen and oxygen atoms in total. The quantitative estimate of drug-likeness (QED) is 0.263. The van der Waals surface area contributed by atoms with Crippen LogP contribution in [-0.4, -0.2) is 28.8 Å². The van der Waals surface area contributed by atoms with Gasteiger partial charge in [0.15, 0.2) is 11.5 Å². The molecule has 0 fully saturated rings. The van der Waals surface area contributed by atoms with Crippen LogP contribution >= 0.6 is 0 Å². The van der Waals surface area contributed by atoms with Crippen molar-refractivity contribution < 1.29 is 37.0 Å². The third-order valence-electron chi connectivity index (χ3n) is 6.88. The van der Waals surface area contributed by atoms with Gasteiger partial charge in [0, 0.05) is 5.70 Å². The molecule has 3 N–H and O–H groups in total. The normalized spacial score (nSPS) is 16.5. The maximum Gasteiger partial charge on any atom is 0.416 e. The average Bonchev–Trinajstić information content (AvgIpc) is 3.63. The Kier molecular flexibility index (Phi) is 6.73. The number of aryl methyl sites for hydroxylation is 1. The Balaban J connectivity index is 1.31. The van der Waals surface area contributed by atoms with E-state index in [0.29, 0.717) is 40.2 Å². The second-order valence-corrected chi connectivity index (χ2v) is 9.56. The highest BCUT2D eigenvalue weighted by Gasteiger charge is 2.34. The highest BCUT2D eigenvalue weighted by Crippen LogP contribution is 2.35. The van der Waals surface area contributed by atoms with Gasteiger partial charge in [0.25, 0.3) is 0 Å². The van der Waals surface area contributed by atoms with Crippen LogP contribution in [-0.2, 0) is 28.7 Å². The number of nitrogens with one attached hydrogen (secondary N) is 3. The van der Waals surface area contributed by atoms with Gasteiger partial charge in [0.1, 0.15) is 6.61 Å². The summed E-state index contributed by atoms with van der Waals surface area (Å²) in [5, 5.41) is 5.51.